The van der Waals surface area contributed by atoms with E-state index in [1.54, 1.807) is 32.4 Å². The van der Waals surface area contributed by atoms with E-state index in [1.165, 1.54) is 10.7 Å². The largest absolute Gasteiger partial charge is 0.497 e. The summed E-state index contributed by atoms with van der Waals surface area (Å²) in [5.41, 5.74) is 1.08. The normalized spacial score (nSPS) is 10.4. The standard InChI is InChI=1S/C14H15ClN2O3/c1-4-17-13(18)8-12(14(15)16-17)9-5-10(19-2)7-11(6-9)20-3/h5-8H,4H2,1-3H3. The Morgan fingerprint density at radius 2 is 1.75 bits per heavy atom. The maximum atomic E-state index is 11.9. The van der Waals surface area contributed by atoms with Crippen LogP contribution in [0.5, 0.6) is 11.5 Å². The summed E-state index contributed by atoms with van der Waals surface area (Å²) in [5.74, 6) is 1.24. The number of methoxy groups -OCH3 is 2. The lowest BCUT2D eigenvalue weighted by molar-refractivity contribution is 0.394. The highest BCUT2D eigenvalue weighted by molar-refractivity contribution is 6.32. The van der Waals surface area contributed by atoms with Gasteiger partial charge in [-0.05, 0) is 24.6 Å². The smallest absolute Gasteiger partial charge is 0.267 e. The molecule has 0 aliphatic rings. The first-order chi connectivity index (χ1) is 9.58. The lowest BCUT2D eigenvalue weighted by Gasteiger charge is -2.10. The molecule has 6 heteroatoms. The van der Waals surface area contributed by atoms with Crippen LogP contribution >= 0.6 is 11.6 Å². The third-order valence-electron chi connectivity index (χ3n) is 2.91. The molecule has 1 aromatic carbocycles. The molecule has 2 rings (SSSR count). The van der Waals surface area contributed by atoms with Crippen molar-refractivity contribution in [2.24, 2.45) is 0 Å². The van der Waals surface area contributed by atoms with Crippen LogP contribution in [0.3, 0.4) is 0 Å². The molecule has 1 aromatic heterocycles. The van der Waals surface area contributed by atoms with Gasteiger partial charge in [-0.3, -0.25) is 4.79 Å². The maximum Gasteiger partial charge on any atom is 0.267 e. The SMILES string of the molecule is CCn1nc(Cl)c(-c2cc(OC)cc(OC)c2)cc1=O. The first-order valence-corrected chi connectivity index (χ1v) is 6.48. The number of hydrogen-bond acceptors (Lipinski definition) is 4. The molecular formula is C14H15ClN2O3. The van der Waals surface area contributed by atoms with Gasteiger partial charge >= 0.3 is 0 Å². The molecule has 0 saturated carbocycles. The van der Waals surface area contributed by atoms with E-state index in [4.69, 9.17) is 21.1 Å². The molecule has 0 spiro atoms. The predicted molar refractivity (Wildman–Crippen MR) is 77.7 cm³/mol. The Morgan fingerprint density at radius 1 is 1.15 bits per heavy atom. The van der Waals surface area contributed by atoms with E-state index in [0.717, 1.165) is 5.56 Å². The number of aryl methyl sites for hydroxylation is 1. The van der Waals surface area contributed by atoms with Gasteiger partial charge in [-0.15, -0.1) is 0 Å². The summed E-state index contributed by atoms with van der Waals surface area (Å²) in [4.78, 5) is 11.9. The summed E-state index contributed by atoms with van der Waals surface area (Å²) in [6.07, 6.45) is 0. The van der Waals surface area contributed by atoms with Crippen LogP contribution in [0.4, 0.5) is 0 Å². The third kappa shape index (κ3) is 2.77. The molecule has 0 atom stereocenters. The zero-order valence-electron chi connectivity index (χ0n) is 11.5. The van der Waals surface area contributed by atoms with Crippen LogP contribution in [0.1, 0.15) is 6.92 Å². The van der Waals surface area contributed by atoms with Crippen molar-refractivity contribution in [3.63, 3.8) is 0 Å². The van der Waals surface area contributed by atoms with Gasteiger partial charge in [0.25, 0.3) is 5.56 Å². The van der Waals surface area contributed by atoms with Gasteiger partial charge in [-0.2, -0.15) is 5.10 Å². The number of aromatic nitrogens is 2. The fraction of sp³-hybridized carbons (Fsp3) is 0.286. The van der Waals surface area contributed by atoms with E-state index in [1.807, 2.05) is 6.92 Å². The van der Waals surface area contributed by atoms with Crippen molar-refractivity contribution in [3.8, 4) is 22.6 Å². The molecule has 0 radical (unpaired) electrons. The van der Waals surface area contributed by atoms with Crippen molar-refractivity contribution in [1.29, 1.82) is 0 Å². The van der Waals surface area contributed by atoms with Crippen molar-refractivity contribution in [1.82, 2.24) is 9.78 Å². The van der Waals surface area contributed by atoms with Crippen LogP contribution in [-0.2, 0) is 6.54 Å². The molecule has 0 amide bonds. The lowest BCUT2D eigenvalue weighted by atomic mass is 10.1. The highest BCUT2D eigenvalue weighted by Crippen LogP contribution is 2.32. The molecule has 0 saturated heterocycles. The van der Waals surface area contributed by atoms with Crippen LogP contribution in [0.25, 0.3) is 11.1 Å². The Bertz CT molecular complexity index is 660. The molecule has 0 aliphatic heterocycles. The summed E-state index contributed by atoms with van der Waals surface area (Å²) >= 11 is 6.15. The van der Waals surface area contributed by atoms with Gasteiger partial charge in [0, 0.05) is 24.2 Å². The average molecular weight is 295 g/mol. The van der Waals surface area contributed by atoms with Crippen molar-refractivity contribution < 1.29 is 9.47 Å². The Morgan fingerprint density at radius 3 is 2.25 bits per heavy atom. The molecular weight excluding hydrogens is 280 g/mol. The molecule has 0 bridgehead atoms. The van der Waals surface area contributed by atoms with Gasteiger partial charge in [-0.25, -0.2) is 4.68 Å². The third-order valence-corrected chi connectivity index (χ3v) is 3.19. The van der Waals surface area contributed by atoms with E-state index in [9.17, 15) is 4.79 Å². The molecule has 5 nitrogen and oxygen atoms in total. The van der Waals surface area contributed by atoms with E-state index in [-0.39, 0.29) is 10.7 Å². The summed E-state index contributed by atoms with van der Waals surface area (Å²) in [6, 6.07) is 6.77. The number of rotatable bonds is 4. The zero-order valence-corrected chi connectivity index (χ0v) is 12.3. The van der Waals surface area contributed by atoms with E-state index < -0.39 is 0 Å². The van der Waals surface area contributed by atoms with Gasteiger partial charge in [0.15, 0.2) is 5.15 Å². The van der Waals surface area contributed by atoms with E-state index in [0.29, 0.717) is 23.6 Å². The first-order valence-electron chi connectivity index (χ1n) is 6.10. The van der Waals surface area contributed by atoms with Crippen LogP contribution in [0, 0.1) is 0 Å². The Labute approximate surface area is 121 Å². The van der Waals surface area contributed by atoms with Crippen LogP contribution in [0.2, 0.25) is 5.15 Å². The van der Waals surface area contributed by atoms with Crippen molar-refractivity contribution in [2.75, 3.05) is 14.2 Å². The van der Waals surface area contributed by atoms with Gasteiger partial charge < -0.3 is 9.47 Å². The second-order valence-corrected chi connectivity index (χ2v) is 4.46. The van der Waals surface area contributed by atoms with Gasteiger partial charge in [-0.1, -0.05) is 11.6 Å². The number of hydrogen-bond donors (Lipinski definition) is 0. The second kappa shape index (κ2) is 5.96. The zero-order chi connectivity index (χ0) is 14.7. The second-order valence-electron chi connectivity index (χ2n) is 4.10. The minimum atomic E-state index is -0.200. The van der Waals surface area contributed by atoms with Gasteiger partial charge in [0.05, 0.1) is 14.2 Å². The Kier molecular flexibility index (Phi) is 4.29. The molecule has 20 heavy (non-hydrogen) atoms. The Hall–Kier alpha value is -2.01. The maximum absolute atomic E-state index is 11.9. The highest BCUT2D eigenvalue weighted by atomic mass is 35.5. The first kappa shape index (κ1) is 14.4. The highest BCUT2D eigenvalue weighted by Gasteiger charge is 2.11. The van der Waals surface area contributed by atoms with Crippen LogP contribution < -0.4 is 15.0 Å². The number of nitrogens with zero attached hydrogens (tertiary/aromatic N) is 2. The molecule has 0 aliphatic carbocycles. The average Bonchev–Trinajstić information content (AvgIpc) is 2.48. The van der Waals surface area contributed by atoms with Gasteiger partial charge in [0.2, 0.25) is 0 Å². The topological polar surface area (TPSA) is 53.4 Å². The number of halogens is 1. The minimum Gasteiger partial charge on any atom is -0.497 e. The summed E-state index contributed by atoms with van der Waals surface area (Å²) in [7, 11) is 3.13. The molecule has 0 fully saturated rings. The summed E-state index contributed by atoms with van der Waals surface area (Å²) < 4.78 is 11.7. The fourth-order valence-electron chi connectivity index (χ4n) is 1.86. The van der Waals surface area contributed by atoms with Crippen LogP contribution in [0.15, 0.2) is 29.1 Å². The van der Waals surface area contributed by atoms with Crippen molar-refractivity contribution in [3.05, 3.63) is 39.8 Å². The molecule has 2 aromatic rings. The molecule has 0 N–H and O–H groups in total. The van der Waals surface area contributed by atoms with Crippen LogP contribution in [-0.4, -0.2) is 24.0 Å². The Balaban J connectivity index is 2.61. The van der Waals surface area contributed by atoms with E-state index >= 15 is 0 Å². The number of ether oxygens (including phenoxy) is 2. The predicted octanol–water partition coefficient (Wildman–Crippen LogP) is 2.60. The minimum absolute atomic E-state index is 0.200. The lowest BCUT2D eigenvalue weighted by Crippen LogP contribution is -2.21. The fourth-order valence-corrected chi connectivity index (χ4v) is 2.11. The summed E-state index contributed by atoms with van der Waals surface area (Å²) in [6.45, 7) is 2.30. The summed E-state index contributed by atoms with van der Waals surface area (Å²) in [5, 5.41) is 4.33. The molecule has 1 heterocycles. The van der Waals surface area contributed by atoms with Crippen molar-refractivity contribution >= 4 is 11.6 Å². The number of benzene rings is 1. The van der Waals surface area contributed by atoms with E-state index in [2.05, 4.69) is 5.10 Å². The van der Waals surface area contributed by atoms with Crippen molar-refractivity contribution in [2.45, 2.75) is 13.5 Å². The molecule has 0 unspecified atom stereocenters. The quantitative estimate of drug-likeness (QED) is 0.870. The van der Waals surface area contributed by atoms with Gasteiger partial charge in [0.1, 0.15) is 11.5 Å². The monoisotopic (exact) mass is 294 g/mol. The molecule has 106 valence electrons.